The molecular formula is C30H42O6S. The number of benzene rings is 1. The Labute approximate surface area is 222 Å². The molecule has 0 saturated heterocycles. The van der Waals surface area contributed by atoms with E-state index in [9.17, 15) is 18.0 Å². The molecule has 0 amide bonds. The molecular weight excluding hydrogens is 488 g/mol. The molecule has 3 aliphatic carbocycles. The average molecular weight is 531 g/mol. The first-order valence-corrected chi connectivity index (χ1v) is 14.9. The van der Waals surface area contributed by atoms with Gasteiger partial charge in [-0.25, -0.2) is 4.79 Å². The van der Waals surface area contributed by atoms with Gasteiger partial charge in [-0.1, -0.05) is 58.4 Å². The lowest BCUT2D eigenvalue weighted by molar-refractivity contribution is -0.199. The van der Waals surface area contributed by atoms with E-state index in [0.717, 1.165) is 24.8 Å². The van der Waals surface area contributed by atoms with Gasteiger partial charge < -0.3 is 4.74 Å². The number of esters is 1. The molecule has 7 heteroatoms. The van der Waals surface area contributed by atoms with E-state index in [1.54, 1.807) is 12.1 Å². The summed E-state index contributed by atoms with van der Waals surface area (Å²) in [5.41, 5.74) is -0.0842. The van der Waals surface area contributed by atoms with Gasteiger partial charge in [0.1, 0.15) is 11.9 Å². The summed E-state index contributed by atoms with van der Waals surface area (Å²) in [6.45, 7) is 16.3. The first-order valence-electron chi connectivity index (χ1n) is 13.5. The molecule has 0 radical (unpaired) electrons. The second-order valence-corrected chi connectivity index (χ2v) is 14.1. The summed E-state index contributed by atoms with van der Waals surface area (Å²) in [6.07, 6.45) is 5.34. The summed E-state index contributed by atoms with van der Waals surface area (Å²) in [7, 11) is -4.11. The molecule has 3 fully saturated rings. The second-order valence-electron chi connectivity index (χ2n) is 12.4. The number of carbonyl (C=O) groups excluding carboxylic acids is 2. The Morgan fingerprint density at radius 3 is 2.38 bits per heavy atom. The van der Waals surface area contributed by atoms with Crippen molar-refractivity contribution in [1.82, 2.24) is 0 Å². The minimum absolute atomic E-state index is 0.00639. The SMILES string of the molecule is C=C[C@@]1(C)C[C@@H](OC(=O)COS(=O)(=O)c2ccc(C)cc2)[C@]2(C)[C@H](C)CC[C@]3(CCC(=O)[C@H]32)[C@@H](C)[C@@H]1C. The van der Waals surface area contributed by atoms with E-state index in [2.05, 4.69) is 41.2 Å². The highest BCUT2D eigenvalue weighted by molar-refractivity contribution is 7.86. The molecule has 1 aromatic carbocycles. The molecule has 37 heavy (non-hydrogen) atoms. The van der Waals surface area contributed by atoms with E-state index in [4.69, 9.17) is 8.92 Å². The number of hydrogen-bond donors (Lipinski definition) is 0. The quantitative estimate of drug-likeness (QED) is 0.259. The number of ether oxygens (including phenoxy) is 1. The normalized spacial score (nSPS) is 39.8. The fourth-order valence-corrected chi connectivity index (χ4v) is 8.76. The zero-order valence-electron chi connectivity index (χ0n) is 23.1. The maximum atomic E-state index is 13.5. The number of ketones is 1. The zero-order valence-corrected chi connectivity index (χ0v) is 23.9. The van der Waals surface area contributed by atoms with E-state index >= 15 is 0 Å². The smallest absolute Gasteiger partial charge is 0.333 e. The lowest BCUT2D eigenvalue weighted by atomic mass is 9.42. The molecule has 2 bridgehead atoms. The van der Waals surface area contributed by atoms with Crippen LogP contribution in [0.25, 0.3) is 0 Å². The summed E-state index contributed by atoms with van der Waals surface area (Å²) in [5, 5.41) is 0. The number of allylic oxidation sites excluding steroid dienone is 1. The lowest BCUT2D eigenvalue weighted by Gasteiger charge is -2.62. The van der Waals surface area contributed by atoms with Crippen LogP contribution in [0.5, 0.6) is 0 Å². The van der Waals surface area contributed by atoms with Gasteiger partial charge in [0.05, 0.1) is 4.90 Å². The molecule has 3 saturated carbocycles. The largest absolute Gasteiger partial charge is 0.460 e. The molecule has 1 aromatic rings. The molecule has 0 unspecified atom stereocenters. The Hall–Kier alpha value is -1.99. The van der Waals surface area contributed by atoms with Gasteiger partial charge in [-0.15, -0.1) is 6.58 Å². The maximum absolute atomic E-state index is 13.5. The van der Waals surface area contributed by atoms with Crippen molar-refractivity contribution in [3.63, 3.8) is 0 Å². The van der Waals surface area contributed by atoms with Gasteiger partial charge in [0.2, 0.25) is 0 Å². The molecule has 0 N–H and O–H groups in total. The van der Waals surface area contributed by atoms with E-state index < -0.39 is 34.2 Å². The first kappa shape index (κ1) is 28.0. The molecule has 6 nitrogen and oxygen atoms in total. The van der Waals surface area contributed by atoms with Gasteiger partial charge in [-0.2, -0.15) is 8.42 Å². The van der Waals surface area contributed by atoms with Crippen LogP contribution in [0.3, 0.4) is 0 Å². The van der Waals surface area contributed by atoms with Gasteiger partial charge in [0, 0.05) is 17.8 Å². The van der Waals surface area contributed by atoms with Gasteiger partial charge in [0.25, 0.3) is 10.1 Å². The van der Waals surface area contributed by atoms with Crippen LogP contribution in [0.1, 0.15) is 72.3 Å². The highest BCUT2D eigenvalue weighted by Crippen LogP contribution is 2.69. The molecule has 8 atom stereocenters. The maximum Gasteiger partial charge on any atom is 0.333 e. The van der Waals surface area contributed by atoms with Crippen molar-refractivity contribution in [2.45, 2.75) is 84.6 Å². The van der Waals surface area contributed by atoms with E-state index in [-0.39, 0.29) is 39.3 Å². The van der Waals surface area contributed by atoms with Crippen molar-refractivity contribution in [2.75, 3.05) is 6.61 Å². The Morgan fingerprint density at radius 2 is 1.76 bits per heavy atom. The number of carbonyl (C=O) groups is 2. The van der Waals surface area contributed by atoms with Crippen LogP contribution in [0.2, 0.25) is 0 Å². The third-order valence-electron chi connectivity index (χ3n) is 10.9. The Morgan fingerprint density at radius 1 is 1.11 bits per heavy atom. The topological polar surface area (TPSA) is 86.7 Å². The van der Waals surface area contributed by atoms with E-state index in [1.807, 2.05) is 13.0 Å². The molecule has 0 heterocycles. The zero-order chi connectivity index (χ0) is 27.4. The van der Waals surface area contributed by atoms with Crippen molar-refractivity contribution < 1.29 is 26.9 Å². The Bertz CT molecular complexity index is 1170. The number of Topliss-reactive ketones (excluding diaryl/α,β-unsaturated/α-hetero) is 1. The van der Waals surface area contributed by atoms with Crippen molar-refractivity contribution in [3.8, 4) is 0 Å². The molecule has 0 spiro atoms. The fourth-order valence-electron chi connectivity index (χ4n) is 7.91. The highest BCUT2D eigenvalue weighted by atomic mass is 32.2. The van der Waals surface area contributed by atoms with E-state index in [1.165, 1.54) is 12.1 Å². The summed E-state index contributed by atoms with van der Waals surface area (Å²) >= 11 is 0. The predicted molar refractivity (Wildman–Crippen MR) is 142 cm³/mol. The average Bonchev–Trinajstić information content (AvgIpc) is 3.21. The third-order valence-corrected chi connectivity index (χ3v) is 12.1. The number of hydrogen-bond acceptors (Lipinski definition) is 6. The van der Waals surface area contributed by atoms with Crippen molar-refractivity contribution in [3.05, 3.63) is 42.5 Å². The van der Waals surface area contributed by atoms with Crippen LogP contribution in [-0.4, -0.2) is 32.9 Å². The van der Waals surface area contributed by atoms with Crippen LogP contribution < -0.4 is 0 Å². The molecule has 0 aliphatic heterocycles. The van der Waals surface area contributed by atoms with Crippen molar-refractivity contribution >= 4 is 21.9 Å². The fraction of sp³-hybridized carbons (Fsp3) is 0.667. The van der Waals surface area contributed by atoms with E-state index in [0.29, 0.717) is 18.8 Å². The second kappa shape index (κ2) is 9.64. The molecule has 4 rings (SSSR count). The minimum Gasteiger partial charge on any atom is -0.460 e. The summed E-state index contributed by atoms with van der Waals surface area (Å²) in [5.74, 6) is 0.0649. The van der Waals surface area contributed by atoms with Gasteiger partial charge >= 0.3 is 5.97 Å². The molecule has 204 valence electrons. The van der Waals surface area contributed by atoms with Gasteiger partial charge in [0.15, 0.2) is 6.61 Å². The standard InChI is InChI=1S/C30H42O6S/c1-8-28(6)17-25(36-26(32)18-35-37(33,34)23-11-9-19(2)10-12-23)29(7)20(3)13-15-30(22(5)21(28)4)16-14-24(31)27(29)30/h8-12,20-22,25,27H,1,13-18H2,2-7H3/t20-,21+,22+,25-,27+,28+,29+,30+/m1/s1. The summed E-state index contributed by atoms with van der Waals surface area (Å²) in [6, 6.07) is 6.27. The number of rotatable bonds is 6. The molecule has 0 aromatic heterocycles. The van der Waals surface area contributed by atoms with Crippen LogP contribution in [-0.2, 0) is 28.6 Å². The van der Waals surface area contributed by atoms with Gasteiger partial charge in [-0.05, 0) is 73.3 Å². The Kier molecular flexibility index (Phi) is 7.30. The summed E-state index contributed by atoms with van der Waals surface area (Å²) < 4.78 is 36.6. The lowest BCUT2D eigenvalue weighted by Crippen LogP contribution is -2.61. The summed E-state index contributed by atoms with van der Waals surface area (Å²) in [4.78, 5) is 26.7. The van der Waals surface area contributed by atoms with Crippen LogP contribution in [0.15, 0.2) is 41.8 Å². The first-order chi connectivity index (χ1) is 17.2. The van der Waals surface area contributed by atoms with Crippen molar-refractivity contribution in [1.29, 1.82) is 0 Å². The van der Waals surface area contributed by atoms with Gasteiger partial charge in [-0.3, -0.25) is 8.98 Å². The predicted octanol–water partition coefficient (Wildman–Crippen LogP) is 5.88. The third kappa shape index (κ3) is 4.50. The Balaban J connectivity index is 1.65. The monoisotopic (exact) mass is 530 g/mol. The number of aryl methyl sites for hydroxylation is 1. The van der Waals surface area contributed by atoms with Crippen molar-refractivity contribution in [2.24, 2.45) is 39.9 Å². The minimum atomic E-state index is -4.11. The highest BCUT2D eigenvalue weighted by Gasteiger charge is 2.67. The molecule has 3 aliphatic rings. The van der Waals surface area contributed by atoms with Crippen LogP contribution in [0.4, 0.5) is 0 Å². The van der Waals surface area contributed by atoms with Crippen LogP contribution >= 0.6 is 0 Å². The van der Waals surface area contributed by atoms with Crippen LogP contribution in [0, 0.1) is 46.8 Å².